The number of carboxylic acid groups (broad SMARTS) is 1. The quantitative estimate of drug-likeness (QED) is 0.734. The molecule has 3 rings (SSSR count). The molecule has 1 amide bonds. The highest BCUT2D eigenvalue weighted by atomic mass is 16.5. The standard InChI is InChI=1S/C21H21NO5/c1-2-27-18(24)12-11-17(23)22-20(21(25)26)19-15-9-5-3-7-13(15)14-8-4-6-10-16(14)19/h3-10,19-20H,2,11-12H2,1H3,(H,22,23)(H,25,26)/t20-/m1/s1. The van der Waals surface area contributed by atoms with Crippen LogP contribution in [-0.4, -0.2) is 35.6 Å². The van der Waals surface area contributed by atoms with Gasteiger partial charge in [-0.25, -0.2) is 4.79 Å². The summed E-state index contributed by atoms with van der Waals surface area (Å²) >= 11 is 0. The fourth-order valence-corrected chi connectivity index (χ4v) is 3.54. The van der Waals surface area contributed by atoms with Gasteiger partial charge in [0.15, 0.2) is 0 Å². The fourth-order valence-electron chi connectivity index (χ4n) is 3.54. The first-order valence-corrected chi connectivity index (χ1v) is 8.89. The zero-order valence-electron chi connectivity index (χ0n) is 15.0. The molecule has 0 spiro atoms. The second-order valence-electron chi connectivity index (χ2n) is 6.34. The van der Waals surface area contributed by atoms with E-state index in [2.05, 4.69) is 5.32 Å². The predicted molar refractivity (Wildman–Crippen MR) is 99.2 cm³/mol. The molecule has 1 aliphatic rings. The van der Waals surface area contributed by atoms with Crippen LogP contribution in [-0.2, 0) is 19.1 Å². The number of nitrogens with one attached hydrogen (secondary N) is 1. The molecule has 1 atom stereocenters. The third-order valence-corrected chi connectivity index (χ3v) is 4.66. The van der Waals surface area contributed by atoms with Gasteiger partial charge < -0.3 is 15.2 Å². The predicted octanol–water partition coefficient (Wildman–Crippen LogP) is 2.71. The van der Waals surface area contributed by atoms with Gasteiger partial charge in [-0.05, 0) is 29.2 Å². The van der Waals surface area contributed by atoms with Gasteiger partial charge in [-0.1, -0.05) is 48.5 Å². The average molecular weight is 367 g/mol. The maximum absolute atomic E-state index is 12.3. The maximum atomic E-state index is 12.3. The number of benzene rings is 2. The summed E-state index contributed by atoms with van der Waals surface area (Å²) in [4.78, 5) is 35.7. The molecule has 6 heteroatoms. The van der Waals surface area contributed by atoms with Crippen molar-refractivity contribution in [2.24, 2.45) is 0 Å². The van der Waals surface area contributed by atoms with Crippen molar-refractivity contribution in [3.8, 4) is 11.1 Å². The fraction of sp³-hybridized carbons (Fsp3) is 0.286. The number of fused-ring (bicyclic) bond motifs is 3. The second kappa shape index (κ2) is 8.03. The van der Waals surface area contributed by atoms with Crippen LogP contribution in [0.25, 0.3) is 11.1 Å². The molecule has 140 valence electrons. The zero-order chi connectivity index (χ0) is 19.4. The maximum Gasteiger partial charge on any atom is 0.327 e. The van der Waals surface area contributed by atoms with E-state index in [9.17, 15) is 19.5 Å². The average Bonchev–Trinajstić information content (AvgIpc) is 2.99. The van der Waals surface area contributed by atoms with Crippen molar-refractivity contribution in [2.75, 3.05) is 6.61 Å². The molecule has 0 saturated heterocycles. The summed E-state index contributed by atoms with van der Waals surface area (Å²) in [5.74, 6) is -2.56. The minimum Gasteiger partial charge on any atom is -0.480 e. The summed E-state index contributed by atoms with van der Waals surface area (Å²) in [6, 6.07) is 14.1. The van der Waals surface area contributed by atoms with Gasteiger partial charge in [0.2, 0.25) is 5.91 Å². The molecule has 0 aromatic heterocycles. The summed E-state index contributed by atoms with van der Waals surface area (Å²) in [6.45, 7) is 1.93. The van der Waals surface area contributed by atoms with Crippen LogP contribution in [0.15, 0.2) is 48.5 Å². The second-order valence-corrected chi connectivity index (χ2v) is 6.34. The first-order chi connectivity index (χ1) is 13.0. The van der Waals surface area contributed by atoms with Gasteiger partial charge in [0.05, 0.1) is 13.0 Å². The molecule has 0 heterocycles. The van der Waals surface area contributed by atoms with E-state index in [0.29, 0.717) is 0 Å². The summed E-state index contributed by atoms with van der Waals surface area (Å²) in [5, 5.41) is 12.4. The molecular formula is C21H21NO5. The van der Waals surface area contributed by atoms with Gasteiger partial charge in [-0.3, -0.25) is 9.59 Å². The zero-order valence-corrected chi connectivity index (χ0v) is 15.0. The molecule has 0 saturated carbocycles. The van der Waals surface area contributed by atoms with E-state index in [1.807, 2.05) is 48.5 Å². The van der Waals surface area contributed by atoms with Gasteiger partial charge >= 0.3 is 11.9 Å². The van der Waals surface area contributed by atoms with E-state index in [-0.39, 0.29) is 19.4 Å². The Labute approximate surface area is 157 Å². The van der Waals surface area contributed by atoms with Gasteiger partial charge in [0, 0.05) is 12.3 Å². The third kappa shape index (κ3) is 3.84. The number of esters is 1. The molecule has 2 aromatic carbocycles. The minimum atomic E-state index is -1.12. The number of aliphatic carboxylic acids is 1. The smallest absolute Gasteiger partial charge is 0.327 e. The van der Waals surface area contributed by atoms with E-state index in [4.69, 9.17) is 4.74 Å². The molecule has 6 nitrogen and oxygen atoms in total. The highest BCUT2D eigenvalue weighted by Crippen LogP contribution is 2.46. The highest BCUT2D eigenvalue weighted by Gasteiger charge is 2.38. The Balaban J connectivity index is 1.84. The third-order valence-electron chi connectivity index (χ3n) is 4.66. The summed E-state index contributed by atoms with van der Waals surface area (Å²) in [6.07, 6.45) is -0.192. The van der Waals surface area contributed by atoms with Crippen LogP contribution in [0.2, 0.25) is 0 Å². The topological polar surface area (TPSA) is 92.7 Å². The molecule has 2 aromatic rings. The Bertz CT molecular complexity index is 831. The Hall–Kier alpha value is -3.15. The van der Waals surface area contributed by atoms with E-state index in [1.54, 1.807) is 6.92 Å². The lowest BCUT2D eigenvalue weighted by molar-refractivity contribution is -0.145. The van der Waals surface area contributed by atoms with Gasteiger partial charge in [0.1, 0.15) is 6.04 Å². The Kier molecular flexibility index (Phi) is 5.54. The van der Waals surface area contributed by atoms with Gasteiger partial charge in [-0.15, -0.1) is 0 Å². The summed E-state index contributed by atoms with van der Waals surface area (Å²) < 4.78 is 4.80. The van der Waals surface area contributed by atoms with E-state index in [1.165, 1.54) is 0 Å². The normalized spacial score (nSPS) is 13.4. The Morgan fingerprint density at radius 1 is 1.00 bits per heavy atom. The van der Waals surface area contributed by atoms with Crippen molar-refractivity contribution in [1.29, 1.82) is 0 Å². The lowest BCUT2D eigenvalue weighted by Gasteiger charge is -2.23. The van der Waals surface area contributed by atoms with E-state index in [0.717, 1.165) is 22.3 Å². The summed E-state index contributed by atoms with van der Waals surface area (Å²) in [5.41, 5.74) is 3.70. The van der Waals surface area contributed by atoms with Crippen LogP contribution in [0.1, 0.15) is 36.8 Å². The van der Waals surface area contributed by atoms with Crippen LogP contribution in [0, 0.1) is 0 Å². The molecule has 0 fully saturated rings. The molecule has 0 aliphatic heterocycles. The van der Waals surface area contributed by atoms with Crippen molar-refractivity contribution in [3.05, 3.63) is 59.7 Å². The van der Waals surface area contributed by atoms with Crippen LogP contribution in [0.3, 0.4) is 0 Å². The van der Waals surface area contributed by atoms with Crippen LogP contribution >= 0.6 is 0 Å². The Morgan fingerprint density at radius 3 is 2.07 bits per heavy atom. The van der Waals surface area contributed by atoms with E-state index < -0.39 is 29.8 Å². The molecular weight excluding hydrogens is 346 g/mol. The number of hydrogen-bond acceptors (Lipinski definition) is 4. The monoisotopic (exact) mass is 367 g/mol. The number of carbonyl (C=O) groups is 3. The first kappa shape index (κ1) is 18.6. The summed E-state index contributed by atoms with van der Waals surface area (Å²) in [7, 11) is 0. The minimum absolute atomic E-state index is 0.0795. The number of carboxylic acids is 1. The van der Waals surface area contributed by atoms with E-state index >= 15 is 0 Å². The van der Waals surface area contributed by atoms with Crippen molar-refractivity contribution >= 4 is 17.8 Å². The van der Waals surface area contributed by atoms with Crippen molar-refractivity contribution in [3.63, 3.8) is 0 Å². The molecule has 0 radical (unpaired) electrons. The number of ether oxygens (including phenoxy) is 1. The molecule has 0 unspecified atom stereocenters. The lowest BCUT2D eigenvalue weighted by atomic mass is 9.89. The Morgan fingerprint density at radius 2 is 1.56 bits per heavy atom. The number of carbonyl (C=O) groups excluding carboxylic acids is 2. The van der Waals surface area contributed by atoms with Gasteiger partial charge in [-0.2, -0.15) is 0 Å². The molecule has 2 N–H and O–H groups in total. The van der Waals surface area contributed by atoms with Crippen molar-refractivity contribution < 1.29 is 24.2 Å². The number of hydrogen-bond donors (Lipinski definition) is 2. The molecule has 1 aliphatic carbocycles. The van der Waals surface area contributed by atoms with Crippen LogP contribution < -0.4 is 5.32 Å². The molecule has 0 bridgehead atoms. The van der Waals surface area contributed by atoms with Crippen molar-refractivity contribution in [1.82, 2.24) is 5.32 Å². The van der Waals surface area contributed by atoms with Gasteiger partial charge in [0.25, 0.3) is 0 Å². The number of amides is 1. The largest absolute Gasteiger partial charge is 0.480 e. The highest BCUT2D eigenvalue weighted by molar-refractivity contribution is 5.89. The lowest BCUT2D eigenvalue weighted by Crippen LogP contribution is -2.45. The van der Waals surface area contributed by atoms with Crippen LogP contribution in [0.4, 0.5) is 0 Å². The molecule has 27 heavy (non-hydrogen) atoms. The first-order valence-electron chi connectivity index (χ1n) is 8.89. The number of rotatable bonds is 7. The van der Waals surface area contributed by atoms with Crippen molar-refractivity contribution in [2.45, 2.75) is 31.7 Å². The van der Waals surface area contributed by atoms with Crippen LogP contribution in [0.5, 0.6) is 0 Å². The SMILES string of the molecule is CCOC(=O)CCC(=O)N[C@@H](C(=O)O)C1c2ccccc2-c2ccccc21.